The first-order chi connectivity index (χ1) is 13.8. The number of fused-ring (bicyclic) bond motifs is 1. The summed E-state index contributed by atoms with van der Waals surface area (Å²) in [6.07, 6.45) is 9.88. The van der Waals surface area contributed by atoms with E-state index in [0.717, 1.165) is 56.9 Å². The van der Waals surface area contributed by atoms with E-state index in [0.29, 0.717) is 23.8 Å². The number of piperidine rings is 1. The molecule has 1 saturated heterocycles. The van der Waals surface area contributed by atoms with Gasteiger partial charge in [-0.05, 0) is 115 Å². The van der Waals surface area contributed by atoms with Crippen LogP contribution in [0.15, 0.2) is 0 Å². The second kappa shape index (κ2) is 8.56. The molecule has 5 heteroatoms. The Labute approximate surface area is 176 Å². The van der Waals surface area contributed by atoms with Crippen LogP contribution in [0.25, 0.3) is 0 Å². The molecule has 0 radical (unpaired) electrons. The van der Waals surface area contributed by atoms with Crippen molar-refractivity contribution < 1.29 is 14.3 Å². The molecular weight excluding hydrogens is 364 g/mol. The highest BCUT2D eigenvalue weighted by molar-refractivity contribution is 5.82. The fraction of sp³-hybridized carbons (Fsp3) is 0.917. The zero-order valence-corrected chi connectivity index (χ0v) is 18.5. The highest BCUT2D eigenvalue weighted by Crippen LogP contribution is 2.50. The quantitative estimate of drug-likeness (QED) is 0.702. The molecule has 2 N–H and O–H groups in total. The number of ether oxygens (including phenoxy) is 1. The first-order valence-corrected chi connectivity index (χ1v) is 12.0. The van der Waals surface area contributed by atoms with Gasteiger partial charge in [-0.2, -0.15) is 0 Å². The van der Waals surface area contributed by atoms with Gasteiger partial charge in [-0.3, -0.25) is 9.59 Å². The molecule has 1 heterocycles. The minimum atomic E-state index is -0.402. The number of carbonyl (C=O) groups is 2. The molecule has 0 aromatic carbocycles. The van der Waals surface area contributed by atoms with E-state index in [1.807, 2.05) is 20.8 Å². The Bertz CT molecular complexity index is 606. The summed E-state index contributed by atoms with van der Waals surface area (Å²) in [4.78, 5) is 25.1. The maximum atomic E-state index is 12.8. The number of amides is 1. The smallest absolute Gasteiger partial charge is 0.309 e. The maximum Gasteiger partial charge on any atom is 0.309 e. The van der Waals surface area contributed by atoms with Gasteiger partial charge < -0.3 is 15.4 Å². The van der Waals surface area contributed by atoms with E-state index in [9.17, 15) is 9.59 Å². The number of hydrogen-bond donors (Lipinski definition) is 2. The molecule has 0 aromatic heterocycles. The first kappa shape index (κ1) is 21.1. The van der Waals surface area contributed by atoms with Crippen LogP contribution in [-0.4, -0.2) is 36.6 Å². The highest BCUT2D eigenvalue weighted by Gasteiger charge is 2.49. The summed E-state index contributed by atoms with van der Waals surface area (Å²) in [5, 5.41) is 6.92. The van der Waals surface area contributed by atoms with Crippen molar-refractivity contribution >= 4 is 11.9 Å². The summed E-state index contributed by atoms with van der Waals surface area (Å²) in [7, 11) is 0. The van der Waals surface area contributed by atoms with Gasteiger partial charge in [0.15, 0.2) is 0 Å². The molecule has 0 spiro atoms. The molecule has 0 aromatic rings. The lowest BCUT2D eigenvalue weighted by molar-refractivity contribution is -0.161. The zero-order chi connectivity index (χ0) is 20.6. The van der Waals surface area contributed by atoms with Crippen molar-refractivity contribution in [1.29, 1.82) is 0 Å². The maximum absolute atomic E-state index is 12.8. The van der Waals surface area contributed by atoms with Crippen LogP contribution in [0.4, 0.5) is 0 Å². The van der Waals surface area contributed by atoms with E-state index in [4.69, 9.17) is 4.74 Å². The molecule has 4 rings (SSSR count). The average Bonchev–Trinajstić information content (AvgIpc) is 3.48. The predicted molar refractivity (Wildman–Crippen MR) is 113 cm³/mol. The first-order valence-electron chi connectivity index (χ1n) is 12.0. The monoisotopic (exact) mass is 404 g/mol. The molecule has 1 amide bonds. The minimum absolute atomic E-state index is 0.0328. The second-order valence-corrected chi connectivity index (χ2v) is 11.2. The molecule has 3 aliphatic carbocycles. The van der Waals surface area contributed by atoms with Crippen LogP contribution >= 0.6 is 0 Å². The summed E-state index contributed by atoms with van der Waals surface area (Å²) in [6, 6.07) is 0.394. The topological polar surface area (TPSA) is 67.4 Å². The zero-order valence-electron chi connectivity index (χ0n) is 18.5. The standard InChI is InChI=1S/C24H40N2O3/c1-24(2,3)29-23(28)16-6-4-15(5-7-16)20-13-21(20)22(27)26-19-9-8-18-14-25-11-10-17(18)12-19/h15-21,25H,4-14H2,1-3H3,(H,26,27). The van der Waals surface area contributed by atoms with Gasteiger partial charge in [0, 0.05) is 12.0 Å². The third-order valence-electron chi connectivity index (χ3n) is 7.88. The average molecular weight is 405 g/mol. The molecule has 0 bridgehead atoms. The van der Waals surface area contributed by atoms with Crippen LogP contribution in [0.2, 0.25) is 0 Å². The highest BCUT2D eigenvalue weighted by atomic mass is 16.6. The van der Waals surface area contributed by atoms with Gasteiger partial charge in [-0.1, -0.05) is 0 Å². The molecular formula is C24H40N2O3. The van der Waals surface area contributed by atoms with Crippen LogP contribution in [-0.2, 0) is 14.3 Å². The minimum Gasteiger partial charge on any atom is -0.460 e. The molecule has 4 fully saturated rings. The van der Waals surface area contributed by atoms with Crippen LogP contribution in [0, 0.1) is 35.5 Å². The molecule has 4 aliphatic rings. The predicted octanol–water partition coefficient (Wildman–Crippen LogP) is 3.67. The Morgan fingerprint density at radius 3 is 2.34 bits per heavy atom. The Kier molecular flexibility index (Phi) is 6.24. The Morgan fingerprint density at radius 2 is 1.62 bits per heavy atom. The van der Waals surface area contributed by atoms with Crippen molar-refractivity contribution in [2.45, 2.75) is 90.2 Å². The summed E-state index contributed by atoms with van der Waals surface area (Å²) < 4.78 is 5.56. The van der Waals surface area contributed by atoms with Crippen molar-refractivity contribution in [2.75, 3.05) is 13.1 Å². The van der Waals surface area contributed by atoms with Crippen LogP contribution < -0.4 is 10.6 Å². The van der Waals surface area contributed by atoms with Gasteiger partial charge in [-0.15, -0.1) is 0 Å². The van der Waals surface area contributed by atoms with E-state index in [1.54, 1.807) is 0 Å². The number of nitrogens with one attached hydrogen (secondary N) is 2. The molecule has 1 aliphatic heterocycles. The molecule has 164 valence electrons. The lowest BCUT2D eigenvalue weighted by atomic mass is 9.73. The third kappa shape index (κ3) is 5.34. The Hall–Kier alpha value is -1.10. The van der Waals surface area contributed by atoms with Gasteiger partial charge >= 0.3 is 5.97 Å². The Morgan fingerprint density at radius 1 is 0.897 bits per heavy atom. The molecule has 5 atom stereocenters. The van der Waals surface area contributed by atoms with Crippen molar-refractivity contribution in [3.8, 4) is 0 Å². The van der Waals surface area contributed by atoms with E-state index >= 15 is 0 Å². The SMILES string of the molecule is CC(C)(C)OC(=O)C1CCC(C2CC2C(=O)NC2CCC3CNCCC3C2)CC1. The summed E-state index contributed by atoms with van der Waals surface area (Å²) in [5.74, 6) is 3.34. The Balaban J connectivity index is 1.18. The van der Waals surface area contributed by atoms with E-state index < -0.39 is 5.60 Å². The van der Waals surface area contributed by atoms with E-state index in [2.05, 4.69) is 10.6 Å². The molecule has 29 heavy (non-hydrogen) atoms. The summed E-state index contributed by atoms with van der Waals surface area (Å²) in [5.41, 5.74) is -0.402. The second-order valence-electron chi connectivity index (χ2n) is 11.2. The lowest BCUT2D eigenvalue weighted by Gasteiger charge is -2.39. The number of carbonyl (C=O) groups excluding carboxylic acids is 2. The van der Waals surface area contributed by atoms with E-state index in [-0.39, 0.29) is 17.8 Å². The lowest BCUT2D eigenvalue weighted by Crippen LogP contribution is -2.46. The van der Waals surface area contributed by atoms with Crippen LogP contribution in [0.5, 0.6) is 0 Å². The van der Waals surface area contributed by atoms with Crippen molar-refractivity contribution in [1.82, 2.24) is 10.6 Å². The fourth-order valence-electron chi connectivity index (χ4n) is 6.17. The molecule has 3 saturated carbocycles. The van der Waals surface area contributed by atoms with Crippen molar-refractivity contribution in [3.63, 3.8) is 0 Å². The van der Waals surface area contributed by atoms with Crippen molar-refractivity contribution in [3.05, 3.63) is 0 Å². The van der Waals surface area contributed by atoms with Gasteiger partial charge in [0.2, 0.25) is 5.91 Å². The van der Waals surface area contributed by atoms with Crippen LogP contribution in [0.1, 0.15) is 78.6 Å². The molecule has 5 nitrogen and oxygen atoms in total. The normalized spacial score (nSPS) is 39.9. The molecule has 5 unspecified atom stereocenters. The number of rotatable bonds is 4. The van der Waals surface area contributed by atoms with Gasteiger partial charge in [0.1, 0.15) is 5.60 Å². The fourth-order valence-corrected chi connectivity index (χ4v) is 6.17. The van der Waals surface area contributed by atoms with Gasteiger partial charge in [0.25, 0.3) is 0 Å². The number of hydrogen-bond acceptors (Lipinski definition) is 4. The third-order valence-corrected chi connectivity index (χ3v) is 7.88. The summed E-state index contributed by atoms with van der Waals surface area (Å²) in [6.45, 7) is 8.10. The van der Waals surface area contributed by atoms with Crippen LogP contribution in [0.3, 0.4) is 0 Å². The van der Waals surface area contributed by atoms with E-state index in [1.165, 1.54) is 25.8 Å². The largest absolute Gasteiger partial charge is 0.460 e. The van der Waals surface area contributed by atoms with Gasteiger partial charge in [-0.25, -0.2) is 0 Å². The van der Waals surface area contributed by atoms with Crippen molar-refractivity contribution in [2.24, 2.45) is 35.5 Å². The summed E-state index contributed by atoms with van der Waals surface area (Å²) >= 11 is 0. The number of esters is 1. The van der Waals surface area contributed by atoms with Gasteiger partial charge in [0.05, 0.1) is 5.92 Å².